The van der Waals surface area contributed by atoms with Crippen LogP contribution in [0.2, 0.25) is 0 Å². The lowest BCUT2D eigenvalue weighted by molar-refractivity contribution is -0.147. The summed E-state index contributed by atoms with van der Waals surface area (Å²) in [4.78, 5) is 89.0. The Morgan fingerprint density at radius 3 is 2.44 bits per heavy atom. The van der Waals surface area contributed by atoms with Gasteiger partial charge in [-0.1, -0.05) is 19.4 Å². The van der Waals surface area contributed by atoms with E-state index < -0.39 is 36.0 Å². The number of hydrogen-bond acceptors (Lipinski definition) is 11. The van der Waals surface area contributed by atoms with E-state index >= 15 is 0 Å². The van der Waals surface area contributed by atoms with Crippen LogP contribution in [0.4, 0.5) is 4.79 Å². The van der Waals surface area contributed by atoms with Crippen molar-refractivity contribution in [2.24, 2.45) is 0 Å². The van der Waals surface area contributed by atoms with Crippen LogP contribution < -0.4 is 15.4 Å². The minimum Gasteiger partial charge on any atom is -0.483 e. The quantitative estimate of drug-likeness (QED) is 0.188. The molecule has 2 N–H and O–H groups in total. The second-order valence-corrected chi connectivity index (χ2v) is 15.4. The summed E-state index contributed by atoms with van der Waals surface area (Å²) >= 11 is 0. The smallest absolute Gasteiger partial charge is 0.409 e. The zero-order chi connectivity index (χ0) is 40.3. The number of hydrogen-bond donors (Lipinski definition) is 2. The number of fused-ring (bicyclic) bond motifs is 1. The number of aromatic nitrogens is 1. The van der Waals surface area contributed by atoms with Crippen molar-refractivity contribution < 1.29 is 47.7 Å². The molecule has 1 aromatic carbocycles. The third-order valence-corrected chi connectivity index (χ3v) is 11.1. The van der Waals surface area contributed by atoms with E-state index in [0.717, 1.165) is 50.5 Å². The summed E-state index contributed by atoms with van der Waals surface area (Å²) in [5.74, 6) is -1.83. The number of carbonyl (C=O) groups is 6. The van der Waals surface area contributed by atoms with E-state index in [1.54, 1.807) is 26.8 Å². The van der Waals surface area contributed by atoms with E-state index in [-0.39, 0.29) is 87.6 Å². The predicted octanol–water partition coefficient (Wildman–Crippen LogP) is 3.26. The molecule has 2 aromatic rings. The maximum absolute atomic E-state index is 14.0. The van der Waals surface area contributed by atoms with Crippen molar-refractivity contribution in [1.29, 1.82) is 0 Å². The van der Waals surface area contributed by atoms with Crippen LogP contribution in [0.25, 0.3) is 10.9 Å². The molecule has 0 bridgehead atoms. The maximum atomic E-state index is 14.0. The fraction of sp³-hybridized carbons (Fsp3) is 0.634. The number of benzene rings is 1. The highest BCUT2D eigenvalue weighted by atomic mass is 16.6. The van der Waals surface area contributed by atoms with Gasteiger partial charge in [0, 0.05) is 63.2 Å². The van der Waals surface area contributed by atoms with Gasteiger partial charge in [0.1, 0.15) is 30.1 Å². The zero-order valence-electron chi connectivity index (χ0n) is 33.1. The van der Waals surface area contributed by atoms with Gasteiger partial charge in [0.2, 0.25) is 11.8 Å². The van der Waals surface area contributed by atoms with E-state index in [1.807, 2.05) is 19.9 Å². The number of piperazine rings is 1. The molecule has 4 aliphatic rings. The average Bonchev–Trinajstić information content (AvgIpc) is 3.92. The lowest BCUT2D eigenvalue weighted by atomic mass is 9.93. The molecule has 5 amide bonds. The normalized spacial score (nSPS) is 20.1. The fourth-order valence-electron chi connectivity index (χ4n) is 7.46. The van der Waals surface area contributed by atoms with Crippen molar-refractivity contribution >= 4 is 46.6 Å². The van der Waals surface area contributed by atoms with Gasteiger partial charge in [-0.2, -0.15) is 0 Å². The number of amides is 5. The van der Waals surface area contributed by atoms with Gasteiger partial charge < -0.3 is 44.3 Å². The van der Waals surface area contributed by atoms with Gasteiger partial charge in [-0.15, -0.1) is 0 Å². The zero-order valence-corrected chi connectivity index (χ0v) is 33.1. The van der Waals surface area contributed by atoms with E-state index in [9.17, 15) is 28.8 Å². The Morgan fingerprint density at radius 1 is 0.930 bits per heavy atom. The summed E-state index contributed by atoms with van der Waals surface area (Å²) in [5, 5.41) is 6.44. The third-order valence-electron chi connectivity index (χ3n) is 11.1. The lowest BCUT2D eigenvalue weighted by Gasteiger charge is -2.36. The molecule has 4 heterocycles. The monoisotopic (exact) mass is 792 g/mol. The number of unbranched alkanes of at least 4 members (excludes halogenated alkanes) is 1. The number of aryl methyl sites for hydroxylation is 1. The van der Waals surface area contributed by atoms with Crippen molar-refractivity contribution in [2.75, 3.05) is 59.2 Å². The number of pyridine rings is 1. The highest BCUT2D eigenvalue weighted by molar-refractivity contribution is 5.99. The first-order valence-corrected chi connectivity index (χ1v) is 20.5. The van der Waals surface area contributed by atoms with Gasteiger partial charge in [-0.25, -0.2) is 9.78 Å². The number of ether oxygens (including phenoxy) is 4. The van der Waals surface area contributed by atoms with E-state index in [2.05, 4.69) is 15.6 Å². The number of carbonyl (C=O) groups excluding carboxylic acids is 6. The average molecular weight is 793 g/mol. The van der Waals surface area contributed by atoms with Crippen LogP contribution in [-0.4, -0.2) is 139 Å². The molecule has 1 saturated carbocycles. The van der Waals surface area contributed by atoms with E-state index in [0.29, 0.717) is 43.5 Å². The SMILES string of the molecule is CCCCOC(=O)N1CCN(C(=O)[C@H](CCC(=O)OCC2CCCO2)NC(=O)c2cc(OCC(=O)N3CCC[C@H]3C(=O)NC3CCC3)c3ccc(C)cc3n2)CC1. The van der Waals surface area contributed by atoms with Gasteiger partial charge >= 0.3 is 12.1 Å². The van der Waals surface area contributed by atoms with Crippen molar-refractivity contribution in [2.45, 2.75) is 109 Å². The predicted molar refractivity (Wildman–Crippen MR) is 207 cm³/mol. The molecule has 57 heavy (non-hydrogen) atoms. The summed E-state index contributed by atoms with van der Waals surface area (Å²) in [6, 6.07) is 5.40. The molecule has 0 spiro atoms. The molecule has 3 atom stereocenters. The number of nitrogens with zero attached hydrogens (tertiary/aromatic N) is 4. The molecule has 1 unspecified atom stereocenters. The van der Waals surface area contributed by atoms with Crippen molar-refractivity contribution in [3.8, 4) is 5.75 Å². The van der Waals surface area contributed by atoms with Gasteiger partial charge in [-0.05, 0) is 82.4 Å². The largest absolute Gasteiger partial charge is 0.483 e. The lowest BCUT2D eigenvalue weighted by Crippen LogP contribution is -2.56. The molecular weight excluding hydrogens is 736 g/mol. The Balaban J connectivity index is 1.14. The van der Waals surface area contributed by atoms with Gasteiger partial charge in [0.15, 0.2) is 6.61 Å². The molecule has 4 fully saturated rings. The number of likely N-dealkylation sites (tertiary alicyclic amines) is 1. The molecule has 1 aliphatic carbocycles. The second-order valence-electron chi connectivity index (χ2n) is 15.4. The number of nitrogens with one attached hydrogen (secondary N) is 2. The van der Waals surface area contributed by atoms with Crippen molar-refractivity contribution in [3.63, 3.8) is 0 Å². The number of esters is 1. The Bertz CT molecular complexity index is 1770. The van der Waals surface area contributed by atoms with Gasteiger partial charge in [0.05, 0.1) is 18.2 Å². The summed E-state index contributed by atoms with van der Waals surface area (Å²) in [6.45, 7) is 6.02. The van der Waals surface area contributed by atoms with Gasteiger partial charge in [0.25, 0.3) is 11.8 Å². The standard InChI is InChI=1S/C41H56N6O10/c1-3-4-21-55-41(53)46-19-17-45(18-20-46)40(52)31(14-15-37(49)57-25-29-10-7-22-54-29)44-38(50)33-24-35(30-13-12-27(2)23-32(30)43-33)56-26-36(48)47-16-6-11-34(47)39(51)42-28-8-5-9-28/h12-13,23-24,28-29,31,34H,3-11,14-22,25-26H2,1-2H3,(H,42,51)(H,44,50)/t29?,31-,34-/m0/s1. The molecule has 310 valence electrons. The van der Waals surface area contributed by atoms with Crippen LogP contribution in [0.1, 0.15) is 93.6 Å². The summed E-state index contributed by atoms with van der Waals surface area (Å²) in [7, 11) is 0. The van der Waals surface area contributed by atoms with Crippen molar-refractivity contribution in [3.05, 3.63) is 35.5 Å². The minimum absolute atomic E-state index is 0.0376. The minimum atomic E-state index is -1.12. The molecule has 16 heteroatoms. The molecule has 6 rings (SSSR count). The summed E-state index contributed by atoms with van der Waals surface area (Å²) in [6.07, 6.45) is 6.89. The molecule has 1 aromatic heterocycles. The van der Waals surface area contributed by atoms with Crippen LogP contribution in [0.5, 0.6) is 5.75 Å². The highest BCUT2D eigenvalue weighted by Gasteiger charge is 2.36. The topological polar surface area (TPSA) is 186 Å². The van der Waals surface area contributed by atoms with Crippen LogP contribution >= 0.6 is 0 Å². The maximum Gasteiger partial charge on any atom is 0.409 e. The van der Waals surface area contributed by atoms with Crippen LogP contribution in [0.3, 0.4) is 0 Å². The molecule has 0 radical (unpaired) electrons. The fourth-order valence-corrected chi connectivity index (χ4v) is 7.46. The second kappa shape index (κ2) is 19.9. The third kappa shape index (κ3) is 11.1. The Labute approximate surface area is 333 Å². The first kappa shape index (κ1) is 41.6. The first-order chi connectivity index (χ1) is 27.6. The van der Waals surface area contributed by atoms with Crippen LogP contribution in [0, 0.1) is 6.92 Å². The van der Waals surface area contributed by atoms with Crippen molar-refractivity contribution in [1.82, 2.24) is 30.3 Å². The molecular formula is C41H56N6O10. The Kier molecular flexibility index (Phi) is 14.6. The Hall–Kier alpha value is -4.99. The molecule has 3 aliphatic heterocycles. The van der Waals surface area contributed by atoms with E-state index in [1.165, 1.54) is 6.07 Å². The molecule has 3 saturated heterocycles. The number of rotatable bonds is 16. The Morgan fingerprint density at radius 2 is 1.72 bits per heavy atom. The molecule has 16 nitrogen and oxygen atoms in total. The summed E-state index contributed by atoms with van der Waals surface area (Å²) < 4.78 is 22.4. The van der Waals surface area contributed by atoms with Gasteiger partial charge in [-0.3, -0.25) is 24.0 Å². The van der Waals surface area contributed by atoms with E-state index in [4.69, 9.17) is 18.9 Å². The summed E-state index contributed by atoms with van der Waals surface area (Å²) in [5.41, 5.74) is 1.29. The van der Waals surface area contributed by atoms with Crippen LogP contribution in [-0.2, 0) is 33.4 Å². The van der Waals surface area contributed by atoms with Crippen LogP contribution in [0.15, 0.2) is 24.3 Å². The first-order valence-electron chi connectivity index (χ1n) is 20.5. The highest BCUT2D eigenvalue weighted by Crippen LogP contribution is 2.28.